The number of aryl methyl sites for hydroxylation is 1. The largest absolute Gasteiger partial charge is 0.366 e. The van der Waals surface area contributed by atoms with Gasteiger partial charge in [-0.2, -0.15) is 5.26 Å². The van der Waals surface area contributed by atoms with Crippen LogP contribution >= 0.6 is 0 Å². The van der Waals surface area contributed by atoms with E-state index in [9.17, 15) is 0 Å². The van der Waals surface area contributed by atoms with Crippen molar-refractivity contribution in [2.24, 2.45) is 5.84 Å². The second-order valence-electron chi connectivity index (χ2n) is 3.99. The van der Waals surface area contributed by atoms with Crippen LogP contribution in [0.15, 0.2) is 30.3 Å². The lowest BCUT2D eigenvalue weighted by atomic mass is 10.1. The van der Waals surface area contributed by atoms with Crippen molar-refractivity contribution in [2.75, 3.05) is 10.7 Å². The summed E-state index contributed by atoms with van der Waals surface area (Å²) in [4.78, 5) is 8.37. The zero-order chi connectivity index (χ0) is 13.7. The minimum Gasteiger partial charge on any atom is -0.366 e. The summed E-state index contributed by atoms with van der Waals surface area (Å²) in [5, 5.41) is 11.9. The molecule has 0 saturated heterocycles. The Bertz CT molecular complexity index is 600. The molecular formula is C13H14N6. The average Bonchev–Trinajstić information content (AvgIpc) is 2.45. The Morgan fingerprint density at radius 3 is 2.53 bits per heavy atom. The lowest BCUT2D eigenvalue weighted by molar-refractivity contribution is 1.02. The van der Waals surface area contributed by atoms with Crippen LogP contribution in [0.4, 0.5) is 11.6 Å². The minimum atomic E-state index is 0.565. The molecule has 2 rings (SSSR count). The zero-order valence-corrected chi connectivity index (χ0v) is 10.5. The van der Waals surface area contributed by atoms with E-state index in [0.29, 0.717) is 29.6 Å². The Morgan fingerprint density at radius 2 is 1.89 bits per heavy atom. The Kier molecular flexibility index (Phi) is 3.90. The van der Waals surface area contributed by atoms with E-state index in [2.05, 4.69) is 26.8 Å². The van der Waals surface area contributed by atoms with Gasteiger partial charge in [-0.05, 0) is 24.6 Å². The normalized spacial score (nSPS) is 9.74. The molecule has 96 valence electrons. The van der Waals surface area contributed by atoms with Crippen LogP contribution in [-0.2, 0) is 6.54 Å². The molecular weight excluding hydrogens is 240 g/mol. The third-order valence-corrected chi connectivity index (χ3v) is 2.54. The number of rotatable bonds is 4. The number of nitrogens with one attached hydrogen (secondary N) is 2. The van der Waals surface area contributed by atoms with Crippen LogP contribution in [0.2, 0.25) is 0 Å². The maximum Gasteiger partial charge on any atom is 0.145 e. The first-order valence-corrected chi connectivity index (χ1v) is 5.76. The van der Waals surface area contributed by atoms with Crippen LogP contribution in [0.5, 0.6) is 0 Å². The third kappa shape index (κ3) is 3.40. The zero-order valence-electron chi connectivity index (χ0n) is 10.5. The molecule has 2 aromatic rings. The molecule has 0 bridgehead atoms. The summed E-state index contributed by atoms with van der Waals surface area (Å²) >= 11 is 0. The molecule has 0 aliphatic carbocycles. The summed E-state index contributed by atoms with van der Waals surface area (Å²) in [6.07, 6.45) is 0. The molecule has 6 heteroatoms. The summed E-state index contributed by atoms with van der Waals surface area (Å²) in [7, 11) is 0. The smallest absolute Gasteiger partial charge is 0.145 e. The predicted octanol–water partition coefficient (Wildman–Crippen LogP) is 1.55. The average molecular weight is 254 g/mol. The fourth-order valence-electron chi connectivity index (χ4n) is 1.62. The number of aromatic nitrogens is 2. The van der Waals surface area contributed by atoms with Crippen molar-refractivity contribution < 1.29 is 0 Å². The van der Waals surface area contributed by atoms with Gasteiger partial charge < -0.3 is 10.7 Å². The number of benzene rings is 1. The number of hydrazine groups is 1. The van der Waals surface area contributed by atoms with Crippen molar-refractivity contribution in [3.8, 4) is 6.07 Å². The molecule has 0 aliphatic rings. The monoisotopic (exact) mass is 254 g/mol. The number of hydrogen-bond acceptors (Lipinski definition) is 6. The van der Waals surface area contributed by atoms with E-state index in [4.69, 9.17) is 11.1 Å². The van der Waals surface area contributed by atoms with Gasteiger partial charge in [-0.1, -0.05) is 12.1 Å². The van der Waals surface area contributed by atoms with E-state index >= 15 is 0 Å². The van der Waals surface area contributed by atoms with Gasteiger partial charge in [-0.15, -0.1) is 0 Å². The first-order valence-electron chi connectivity index (χ1n) is 5.76. The Morgan fingerprint density at radius 1 is 1.21 bits per heavy atom. The lowest BCUT2D eigenvalue weighted by Gasteiger charge is -2.08. The molecule has 0 atom stereocenters. The summed E-state index contributed by atoms with van der Waals surface area (Å²) in [6, 6.07) is 11.2. The molecule has 4 N–H and O–H groups in total. The lowest BCUT2D eigenvalue weighted by Crippen LogP contribution is -2.11. The predicted molar refractivity (Wildman–Crippen MR) is 73.1 cm³/mol. The molecule has 0 amide bonds. The number of nitriles is 1. The first-order chi connectivity index (χ1) is 9.21. The van der Waals surface area contributed by atoms with Crippen LogP contribution in [0, 0.1) is 18.3 Å². The molecule has 0 aliphatic heterocycles. The standard InChI is InChI=1S/C13H14N6/c1-9-17-12(6-13(18-9)19-15)16-8-11-4-2-10(7-14)3-5-11/h2-6H,8,15H2,1H3,(H2,16,17,18,19). The molecule has 0 saturated carbocycles. The van der Waals surface area contributed by atoms with Crippen molar-refractivity contribution in [3.05, 3.63) is 47.3 Å². The van der Waals surface area contributed by atoms with Gasteiger partial charge in [0.15, 0.2) is 0 Å². The van der Waals surface area contributed by atoms with E-state index in [-0.39, 0.29) is 0 Å². The van der Waals surface area contributed by atoms with Crippen molar-refractivity contribution in [1.29, 1.82) is 5.26 Å². The molecule has 6 nitrogen and oxygen atoms in total. The molecule has 0 spiro atoms. The van der Waals surface area contributed by atoms with Crippen molar-refractivity contribution in [2.45, 2.75) is 13.5 Å². The van der Waals surface area contributed by atoms with Gasteiger partial charge in [-0.25, -0.2) is 15.8 Å². The summed E-state index contributed by atoms with van der Waals surface area (Å²) in [6.45, 7) is 2.42. The van der Waals surface area contributed by atoms with Crippen molar-refractivity contribution in [1.82, 2.24) is 9.97 Å². The first kappa shape index (κ1) is 12.8. The van der Waals surface area contributed by atoms with Gasteiger partial charge >= 0.3 is 0 Å². The molecule has 0 unspecified atom stereocenters. The highest BCUT2D eigenvalue weighted by Gasteiger charge is 2.01. The second kappa shape index (κ2) is 5.80. The minimum absolute atomic E-state index is 0.565. The fraction of sp³-hybridized carbons (Fsp3) is 0.154. The number of anilines is 2. The van der Waals surface area contributed by atoms with E-state index in [1.54, 1.807) is 25.1 Å². The van der Waals surface area contributed by atoms with Crippen LogP contribution < -0.4 is 16.6 Å². The second-order valence-corrected chi connectivity index (χ2v) is 3.99. The number of nitrogens with two attached hydrogens (primary N) is 1. The molecule has 1 aromatic heterocycles. The SMILES string of the molecule is Cc1nc(NN)cc(NCc2ccc(C#N)cc2)n1. The molecule has 1 heterocycles. The van der Waals surface area contributed by atoms with Crippen LogP contribution in [0.1, 0.15) is 17.0 Å². The third-order valence-electron chi connectivity index (χ3n) is 2.54. The molecule has 0 fully saturated rings. The maximum absolute atomic E-state index is 8.72. The fourth-order valence-corrected chi connectivity index (χ4v) is 1.62. The van der Waals surface area contributed by atoms with E-state index in [1.165, 1.54) is 0 Å². The number of hydrogen-bond donors (Lipinski definition) is 3. The van der Waals surface area contributed by atoms with Gasteiger partial charge in [0, 0.05) is 12.6 Å². The molecule has 0 radical (unpaired) electrons. The Balaban J connectivity index is 2.05. The summed E-state index contributed by atoms with van der Waals surface area (Å²) in [5.41, 5.74) is 4.21. The van der Waals surface area contributed by atoms with Gasteiger partial charge in [0.2, 0.25) is 0 Å². The Hall–Kier alpha value is -2.65. The Labute approximate surface area is 111 Å². The van der Waals surface area contributed by atoms with E-state index < -0.39 is 0 Å². The van der Waals surface area contributed by atoms with Gasteiger partial charge in [-0.3, -0.25) is 0 Å². The maximum atomic E-state index is 8.72. The van der Waals surface area contributed by atoms with Crippen molar-refractivity contribution >= 4 is 11.6 Å². The number of nitrogen functional groups attached to an aromatic ring is 1. The quantitative estimate of drug-likeness (QED) is 0.565. The highest BCUT2D eigenvalue weighted by molar-refractivity contribution is 5.47. The van der Waals surface area contributed by atoms with E-state index in [1.807, 2.05) is 12.1 Å². The van der Waals surface area contributed by atoms with E-state index in [0.717, 1.165) is 5.56 Å². The van der Waals surface area contributed by atoms with Gasteiger partial charge in [0.1, 0.15) is 17.5 Å². The number of nitrogens with zero attached hydrogens (tertiary/aromatic N) is 3. The highest BCUT2D eigenvalue weighted by atomic mass is 15.3. The van der Waals surface area contributed by atoms with Crippen LogP contribution in [0.3, 0.4) is 0 Å². The highest BCUT2D eigenvalue weighted by Crippen LogP contribution is 2.11. The summed E-state index contributed by atoms with van der Waals surface area (Å²) < 4.78 is 0. The summed E-state index contributed by atoms with van der Waals surface area (Å²) in [5.74, 6) is 7.23. The van der Waals surface area contributed by atoms with Gasteiger partial charge in [0.05, 0.1) is 11.6 Å². The van der Waals surface area contributed by atoms with Crippen LogP contribution in [-0.4, -0.2) is 9.97 Å². The molecule has 19 heavy (non-hydrogen) atoms. The van der Waals surface area contributed by atoms with Gasteiger partial charge in [0.25, 0.3) is 0 Å². The van der Waals surface area contributed by atoms with Crippen LogP contribution in [0.25, 0.3) is 0 Å². The molecule has 1 aromatic carbocycles. The van der Waals surface area contributed by atoms with Crippen molar-refractivity contribution in [3.63, 3.8) is 0 Å². The topological polar surface area (TPSA) is 99.6 Å².